The minimum atomic E-state index is -0.857. The lowest BCUT2D eigenvalue weighted by Crippen LogP contribution is -2.43. The first-order valence-electron chi connectivity index (χ1n) is 4.70. The van der Waals surface area contributed by atoms with E-state index in [9.17, 15) is 9.59 Å². The molecule has 0 aliphatic heterocycles. The molecule has 0 fully saturated rings. The van der Waals surface area contributed by atoms with Crippen LogP contribution in [-0.2, 0) is 4.79 Å². The highest BCUT2D eigenvalue weighted by atomic mass is 16.2. The van der Waals surface area contributed by atoms with Crippen molar-refractivity contribution >= 4 is 11.9 Å². The van der Waals surface area contributed by atoms with Crippen LogP contribution >= 0.6 is 0 Å². The Kier molecular flexibility index (Phi) is 6.06. The van der Waals surface area contributed by atoms with Crippen molar-refractivity contribution in [2.24, 2.45) is 11.7 Å². The van der Waals surface area contributed by atoms with Crippen LogP contribution in [-0.4, -0.2) is 36.5 Å². The third-order valence-electron chi connectivity index (χ3n) is 1.83. The van der Waals surface area contributed by atoms with E-state index in [0.717, 1.165) is 0 Å². The number of amides is 3. The second-order valence-electron chi connectivity index (χ2n) is 3.27. The Hall–Kier alpha value is -1.61. The van der Waals surface area contributed by atoms with E-state index in [1.807, 2.05) is 12.2 Å². The molecule has 3 N–H and O–H groups in total. The smallest absolute Gasteiger partial charge is 0.318 e. The number of nitrogens with zero attached hydrogens (tertiary/aromatic N) is 2. The van der Waals surface area contributed by atoms with Gasteiger partial charge in [0.25, 0.3) is 0 Å². The fraction of sp³-hybridized carbons (Fsp3) is 0.667. The van der Waals surface area contributed by atoms with Crippen LogP contribution in [0, 0.1) is 17.2 Å². The standard InChI is InChI=1S/C9H16N4O2/c1-3-13(5-7(2)4-10)6-8(14)12-9(11)15/h7H,3,5-6H2,1-2H3,(H3,11,12,14,15). The van der Waals surface area contributed by atoms with Crippen molar-refractivity contribution in [3.05, 3.63) is 0 Å². The summed E-state index contributed by atoms with van der Waals surface area (Å²) in [7, 11) is 0. The molecule has 0 spiro atoms. The third-order valence-corrected chi connectivity index (χ3v) is 1.83. The lowest BCUT2D eigenvalue weighted by atomic mass is 10.2. The van der Waals surface area contributed by atoms with E-state index >= 15 is 0 Å². The van der Waals surface area contributed by atoms with Crippen LogP contribution in [0.3, 0.4) is 0 Å². The van der Waals surface area contributed by atoms with Crippen molar-refractivity contribution in [1.29, 1.82) is 5.26 Å². The number of hydrogen-bond acceptors (Lipinski definition) is 4. The molecule has 84 valence electrons. The zero-order valence-electron chi connectivity index (χ0n) is 8.99. The molecule has 0 heterocycles. The molecule has 0 rings (SSSR count). The highest BCUT2D eigenvalue weighted by Gasteiger charge is 2.12. The molecule has 6 nitrogen and oxygen atoms in total. The van der Waals surface area contributed by atoms with Gasteiger partial charge in [0.15, 0.2) is 0 Å². The fourth-order valence-electron chi connectivity index (χ4n) is 1.11. The number of hydrogen-bond donors (Lipinski definition) is 2. The van der Waals surface area contributed by atoms with Crippen molar-refractivity contribution in [3.8, 4) is 6.07 Å². The summed E-state index contributed by atoms with van der Waals surface area (Å²) in [6, 6.07) is 1.22. The molecule has 0 aromatic carbocycles. The Morgan fingerprint density at radius 3 is 2.60 bits per heavy atom. The Labute approximate surface area is 89.0 Å². The van der Waals surface area contributed by atoms with E-state index in [1.54, 1.807) is 11.8 Å². The summed E-state index contributed by atoms with van der Waals surface area (Å²) in [6.45, 7) is 4.86. The molecular formula is C9H16N4O2. The van der Waals surface area contributed by atoms with Crippen molar-refractivity contribution in [2.45, 2.75) is 13.8 Å². The largest absolute Gasteiger partial charge is 0.351 e. The second-order valence-corrected chi connectivity index (χ2v) is 3.27. The molecule has 3 amide bonds. The van der Waals surface area contributed by atoms with Gasteiger partial charge in [0.1, 0.15) is 0 Å². The summed E-state index contributed by atoms with van der Waals surface area (Å²) in [5.41, 5.74) is 4.80. The van der Waals surface area contributed by atoms with Crippen LogP contribution in [0.25, 0.3) is 0 Å². The van der Waals surface area contributed by atoms with Crippen LogP contribution in [0.1, 0.15) is 13.8 Å². The molecule has 0 aliphatic rings. The number of nitrogens with one attached hydrogen (secondary N) is 1. The molecule has 0 aromatic heterocycles. The monoisotopic (exact) mass is 212 g/mol. The topological polar surface area (TPSA) is 99.2 Å². The summed E-state index contributed by atoms with van der Waals surface area (Å²) >= 11 is 0. The van der Waals surface area contributed by atoms with Gasteiger partial charge in [-0.25, -0.2) is 4.79 Å². The molecule has 0 saturated carbocycles. The molecule has 0 aromatic rings. The van der Waals surface area contributed by atoms with Gasteiger partial charge in [0.2, 0.25) is 5.91 Å². The van der Waals surface area contributed by atoms with Gasteiger partial charge < -0.3 is 5.73 Å². The van der Waals surface area contributed by atoms with E-state index in [2.05, 4.69) is 6.07 Å². The lowest BCUT2D eigenvalue weighted by Gasteiger charge is -2.20. The van der Waals surface area contributed by atoms with Gasteiger partial charge in [-0.3, -0.25) is 15.0 Å². The van der Waals surface area contributed by atoms with E-state index in [-0.39, 0.29) is 12.5 Å². The molecule has 0 radical (unpaired) electrons. The number of primary amides is 1. The van der Waals surface area contributed by atoms with Gasteiger partial charge in [-0.15, -0.1) is 0 Å². The number of likely N-dealkylation sites (N-methyl/N-ethyl adjacent to an activating group) is 1. The molecule has 6 heteroatoms. The minimum absolute atomic E-state index is 0.0749. The number of carbonyl (C=O) groups is 2. The second kappa shape index (κ2) is 6.79. The lowest BCUT2D eigenvalue weighted by molar-refractivity contribution is -0.121. The quantitative estimate of drug-likeness (QED) is 0.651. The number of urea groups is 1. The first kappa shape index (κ1) is 13.4. The number of rotatable bonds is 5. The number of nitriles is 1. The van der Waals surface area contributed by atoms with E-state index in [1.165, 1.54) is 0 Å². The third kappa shape index (κ3) is 6.46. The highest BCUT2D eigenvalue weighted by Crippen LogP contribution is 1.97. The minimum Gasteiger partial charge on any atom is -0.351 e. The van der Waals surface area contributed by atoms with Crippen molar-refractivity contribution in [2.75, 3.05) is 19.6 Å². The summed E-state index contributed by atoms with van der Waals surface area (Å²) in [4.78, 5) is 23.3. The van der Waals surface area contributed by atoms with Crippen molar-refractivity contribution in [3.63, 3.8) is 0 Å². The molecule has 1 atom stereocenters. The zero-order valence-corrected chi connectivity index (χ0v) is 8.99. The van der Waals surface area contributed by atoms with Gasteiger partial charge in [-0.1, -0.05) is 6.92 Å². The van der Waals surface area contributed by atoms with Gasteiger partial charge in [0.05, 0.1) is 18.5 Å². The van der Waals surface area contributed by atoms with Crippen LogP contribution in [0.5, 0.6) is 0 Å². The number of nitrogens with two attached hydrogens (primary N) is 1. The molecule has 0 aliphatic carbocycles. The average molecular weight is 212 g/mol. The number of imide groups is 1. The molecule has 15 heavy (non-hydrogen) atoms. The predicted octanol–water partition coefficient (Wildman–Crippen LogP) is -0.337. The van der Waals surface area contributed by atoms with Gasteiger partial charge >= 0.3 is 6.03 Å². The Bertz CT molecular complexity index is 272. The molecule has 0 bridgehead atoms. The van der Waals surface area contributed by atoms with Gasteiger partial charge in [-0.05, 0) is 13.5 Å². The van der Waals surface area contributed by atoms with Crippen LogP contribution in [0.15, 0.2) is 0 Å². The van der Waals surface area contributed by atoms with Crippen LogP contribution in [0.2, 0.25) is 0 Å². The maximum absolute atomic E-state index is 11.2. The van der Waals surface area contributed by atoms with E-state index < -0.39 is 11.9 Å². The molecule has 0 saturated heterocycles. The van der Waals surface area contributed by atoms with Gasteiger partial charge in [0, 0.05) is 6.54 Å². The normalized spacial score (nSPS) is 11.9. The Morgan fingerprint density at radius 1 is 1.60 bits per heavy atom. The predicted molar refractivity (Wildman–Crippen MR) is 54.6 cm³/mol. The van der Waals surface area contributed by atoms with Crippen LogP contribution < -0.4 is 11.1 Å². The molecular weight excluding hydrogens is 196 g/mol. The summed E-state index contributed by atoms with van der Waals surface area (Å²) in [5, 5.41) is 10.6. The SMILES string of the molecule is CCN(CC(=O)NC(N)=O)CC(C)C#N. The van der Waals surface area contributed by atoms with Crippen molar-refractivity contribution < 1.29 is 9.59 Å². The van der Waals surface area contributed by atoms with E-state index in [0.29, 0.717) is 13.1 Å². The number of carbonyl (C=O) groups excluding carboxylic acids is 2. The highest BCUT2D eigenvalue weighted by molar-refractivity contribution is 5.94. The van der Waals surface area contributed by atoms with Crippen LogP contribution in [0.4, 0.5) is 4.79 Å². The molecule has 1 unspecified atom stereocenters. The van der Waals surface area contributed by atoms with Crippen molar-refractivity contribution in [1.82, 2.24) is 10.2 Å². The maximum atomic E-state index is 11.2. The first-order chi connectivity index (χ1) is 6.99. The fourth-order valence-corrected chi connectivity index (χ4v) is 1.11. The first-order valence-corrected chi connectivity index (χ1v) is 4.70. The van der Waals surface area contributed by atoms with Gasteiger partial charge in [-0.2, -0.15) is 5.26 Å². The average Bonchev–Trinajstić information content (AvgIpc) is 2.15. The zero-order chi connectivity index (χ0) is 11.8. The maximum Gasteiger partial charge on any atom is 0.318 e. The summed E-state index contributed by atoms with van der Waals surface area (Å²) < 4.78 is 0. The Morgan fingerprint density at radius 2 is 2.20 bits per heavy atom. The Balaban J connectivity index is 4.05. The summed E-state index contributed by atoms with van der Waals surface area (Å²) in [5.74, 6) is -0.596. The van der Waals surface area contributed by atoms with E-state index in [4.69, 9.17) is 11.0 Å². The summed E-state index contributed by atoms with van der Waals surface area (Å²) in [6.07, 6.45) is 0.